The highest BCUT2D eigenvalue weighted by Crippen LogP contribution is 2.20. The van der Waals surface area contributed by atoms with E-state index >= 15 is 0 Å². The van der Waals surface area contributed by atoms with Gasteiger partial charge in [-0.05, 0) is 31.0 Å². The van der Waals surface area contributed by atoms with Crippen molar-refractivity contribution in [2.45, 2.75) is 43.0 Å². The molecule has 1 aliphatic carbocycles. The molecule has 2 amide bonds. The van der Waals surface area contributed by atoms with Gasteiger partial charge in [0.25, 0.3) is 0 Å². The molecule has 0 atom stereocenters. The highest BCUT2D eigenvalue weighted by molar-refractivity contribution is 7.89. The first-order valence-corrected chi connectivity index (χ1v) is 11.1. The minimum absolute atomic E-state index is 0.0514. The predicted molar refractivity (Wildman–Crippen MR) is 104 cm³/mol. The van der Waals surface area contributed by atoms with E-state index in [2.05, 4.69) is 10.1 Å². The number of amides is 2. The van der Waals surface area contributed by atoms with Crippen LogP contribution in [-0.2, 0) is 14.8 Å². The third kappa shape index (κ3) is 4.64. The average molecular weight is 410 g/mol. The molecular formula is C19H27N3O5S. The Morgan fingerprint density at radius 3 is 2.39 bits per heavy atom. The summed E-state index contributed by atoms with van der Waals surface area (Å²) in [6, 6.07) is 5.93. The van der Waals surface area contributed by atoms with Gasteiger partial charge in [-0.3, -0.25) is 0 Å². The molecule has 28 heavy (non-hydrogen) atoms. The van der Waals surface area contributed by atoms with E-state index in [0.717, 1.165) is 25.7 Å². The van der Waals surface area contributed by atoms with Crippen LogP contribution in [0.25, 0.3) is 0 Å². The number of rotatable bonds is 4. The Hall–Kier alpha value is -2.13. The van der Waals surface area contributed by atoms with Crippen molar-refractivity contribution >= 4 is 22.0 Å². The van der Waals surface area contributed by atoms with E-state index in [1.54, 1.807) is 4.90 Å². The van der Waals surface area contributed by atoms with E-state index in [0.29, 0.717) is 13.1 Å². The number of nitrogens with zero attached hydrogens (tertiary/aromatic N) is 2. The molecule has 1 saturated heterocycles. The maximum absolute atomic E-state index is 12.9. The number of carbonyl (C=O) groups excluding carboxylic acids is 2. The topological polar surface area (TPSA) is 96.0 Å². The Morgan fingerprint density at radius 2 is 1.75 bits per heavy atom. The van der Waals surface area contributed by atoms with Gasteiger partial charge < -0.3 is 15.0 Å². The van der Waals surface area contributed by atoms with Crippen LogP contribution in [0, 0.1) is 0 Å². The Bertz CT molecular complexity index is 813. The lowest BCUT2D eigenvalue weighted by atomic mass is 9.96. The van der Waals surface area contributed by atoms with Crippen LogP contribution in [0.3, 0.4) is 0 Å². The van der Waals surface area contributed by atoms with Gasteiger partial charge in [-0.2, -0.15) is 4.31 Å². The van der Waals surface area contributed by atoms with E-state index in [9.17, 15) is 18.0 Å². The zero-order valence-corrected chi connectivity index (χ0v) is 16.9. The van der Waals surface area contributed by atoms with Gasteiger partial charge in [-0.15, -0.1) is 0 Å². The van der Waals surface area contributed by atoms with Crippen molar-refractivity contribution in [3.05, 3.63) is 29.8 Å². The zero-order valence-electron chi connectivity index (χ0n) is 16.1. The highest BCUT2D eigenvalue weighted by atomic mass is 32.2. The molecule has 0 aromatic heterocycles. The van der Waals surface area contributed by atoms with Crippen molar-refractivity contribution in [2.75, 3.05) is 33.3 Å². The number of methoxy groups -OCH3 is 1. The van der Waals surface area contributed by atoms with E-state index < -0.39 is 16.0 Å². The lowest BCUT2D eigenvalue weighted by Crippen LogP contribution is -2.54. The number of hydrogen-bond donors (Lipinski definition) is 1. The summed E-state index contributed by atoms with van der Waals surface area (Å²) >= 11 is 0. The quantitative estimate of drug-likeness (QED) is 0.766. The van der Waals surface area contributed by atoms with Crippen LogP contribution >= 0.6 is 0 Å². The average Bonchev–Trinajstić information content (AvgIpc) is 2.74. The molecule has 1 aliphatic heterocycles. The van der Waals surface area contributed by atoms with Gasteiger partial charge in [0.1, 0.15) is 0 Å². The maximum atomic E-state index is 12.9. The van der Waals surface area contributed by atoms with Crippen LogP contribution in [0.4, 0.5) is 4.79 Å². The Labute approximate surface area is 165 Å². The third-order valence-corrected chi connectivity index (χ3v) is 7.25. The number of benzene rings is 1. The van der Waals surface area contributed by atoms with Gasteiger partial charge in [-0.25, -0.2) is 18.0 Å². The van der Waals surface area contributed by atoms with Gasteiger partial charge in [0.15, 0.2) is 0 Å². The second-order valence-electron chi connectivity index (χ2n) is 7.19. The van der Waals surface area contributed by atoms with Gasteiger partial charge in [-0.1, -0.05) is 25.3 Å². The molecule has 0 spiro atoms. The molecule has 1 aromatic rings. The fraction of sp³-hybridized carbons (Fsp3) is 0.579. The minimum atomic E-state index is -3.74. The van der Waals surface area contributed by atoms with Crippen molar-refractivity contribution in [1.82, 2.24) is 14.5 Å². The molecule has 0 unspecified atom stereocenters. The number of sulfonamides is 1. The Kier molecular flexibility index (Phi) is 6.56. The van der Waals surface area contributed by atoms with E-state index in [1.807, 2.05) is 0 Å². The number of nitrogens with one attached hydrogen (secondary N) is 1. The second kappa shape index (κ2) is 8.91. The third-order valence-electron chi connectivity index (χ3n) is 5.35. The molecular weight excluding hydrogens is 382 g/mol. The van der Waals surface area contributed by atoms with Crippen molar-refractivity contribution < 1.29 is 22.7 Å². The lowest BCUT2D eigenvalue weighted by Gasteiger charge is -2.35. The molecule has 3 rings (SSSR count). The molecule has 154 valence electrons. The zero-order chi connectivity index (χ0) is 20.1. The number of esters is 1. The first-order chi connectivity index (χ1) is 13.4. The van der Waals surface area contributed by atoms with Gasteiger partial charge in [0.05, 0.1) is 17.6 Å². The fourth-order valence-corrected chi connectivity index (χ4v) is 5.16. The number of ether oxygens (including phenoxy) is 1. The summed E-state index contributed by atoms with van der Waals surface area (Å²) < 4.78 is 31.8. The fourth-order valence-electron chi connectivity index (χ4n) is 3.69. The Balaban J connectivity index is 1.60. The summed E-state index contributed by atoms with van der Waals surface area (Å²) in [5, 5.41) is 3.07. The Morgan fingerprint density at radius 1 is 1.07 bits per heavy atom. The molecule has 1 aromatic carbocycles. The van der Waals surface area contributed by atoms with Crippen LogP contribution in [0.2, 0.25) is 0 Å². The SMILES string of the molecule is COC(=O)c1cccc(S(=O)(=O)N2CCN(C(=O)NC3CCCCC3)CC2)c1. The standard InChI is InChI=1S/C19H27N3O5S/c1-27-18(23)15-6-5-9-17(14-15)28(25,26)22-12-10-21(11-13-22)19(24)20-16-7-3-2-4-8-16/h5-6,9,14,16H,2-4,7-8,10-13H2,1H3,(H,20,24). The highest BCUT2D eigenvalue weighted by Gasteiger charge is 2.31. The van der Waals surface area contributed by atoms with Crippen LogP contribution < -0.4 is 5.32 Å². The van der Waals surface area contributed by atoms with E-state index in [4.69, 9.17) is 0 Å². The molecule has 1 saturated carbocycles. The number of urea groups is 1. The van der Waals surface area contributed by atoms with E-state index in [-0.39, 0.29) is 35.6 Å². The molecule has 1 N–H and O–H groups in total. The van der Waals surface area contributed by atoms with Crippen molar-refractivity contribution in [3.63, 3.8) is 0 Å². The molecule has 1 heterocycles. The molecule has 2 fully saturated rings. The molecule has 9 heteroatoms. The molecule has 0 bridgehead atoms. The van der Waals surface area contributed by atoms with E-state index in [1.165, 1.54) is 42.1 Å². The van der Waals surface area contributed by atoms with Crippen molar-refractivity contribution in [3.8, 4) is 0 Å². The minimum Gasteiger partial charge on any atom is -0.465 e. The predicted octanol–water partition coefficient (Wildman–Crippen LogP) is 1.82. The molecule has 2 aliphatic rings. The van der Waals surface area contributed by atoms with Gasteiger partial charge >= 0.3 is 12.0 Å². The second-order valence-corrected chi connectivity index (χ2v) is 9.13. The maximum Gasteiger partial charge on any atom is 0.337 e. The summed E-state index contributed by atoms with van der Waals surface area (Å²) in [5.41, 5.74) is 0.189. The largest absolute Gasteiger partial charge is 0.465 e. The monoisotopic (exact) mass is 409 g/mol. The first-order valence-electron chi connectivity index (χ1n) is 9.66. The summed E-state index contributed by atoms with van der Waals surface area (Å²) in [6.45, 7) is 1.13. The smallest absolute Gasteiger partial charge is 0.337 e. The molecule has 0 radical (unpaired) electrons. The van der Waals surface area contributed by atoms with Crippen LogP contribution in [0.1, 0.15) is 42.5 Å². The van der Waals surface area contributed by atoms with Crippen LogP contribution in [0.5, 0.6) is 0 Å². The summed E-state index contributed by atoms with van der Waals surface area (Å²) in [4.78, 5) is 25.8. The van der Waals surface area contributed by atoms with Crippen molar-refractivity contribution in [1.29, 1.82) is 0 Å². The number of carbonyl (C=O) groups is 2. The normalized spacial score (nSPS) is 19.2. The lowest BCUT2D eigenvalue weighted by molar-refractivity contribution is 0.0600. The molecule has 8 nitrogen and oxygen atoms in total. The van der Waals surface area contributed by atoms with Crippen LogP contribution in [0.15, 0.2) is 29.2 Å². The summed E-state index contributed by atoms with van der Waals surface area (Å²) in [5.74, 6) is -0.582. The summed E-state index contributed by atoms with van der Waals surface area (Å²) in [7, 11) is -2.48. The number of hydrogen-bond acceptors (Lipinski definition) is 5. The number of piperazine rings is 1. The first kappa shape index (κ1) is 20.6. The van der Waals surface area contributed by atoms with Gasteiger partial charge in [0, 0.05) is 32.2 Å². The van der Waals surface area contributed by atoms with Crippen LogP contribution in [-0.4, -0.2) is 69.0 Å². The summed E-state index contributed by atoms with van der Waals surface area (Å²) in [6.07, 6.45) is 5.52. The van der Waals surface area contributed by atoms with Crippen molar-refractivity contribution in [2.24, 2.45) is 0 Å². The van der Waals surface area contributed by atoms with Gasteiger partial charge in [0.2, 0.25) is 10.0 Å².